The van der Waals surface area contributed by atoms with Gasteiger partial charge in [0.05, 0.1) is 22.3 Å². The van der Waals surface area contributed by atoms with E-state index in [0.717, 1.165) is 18.2 Å². The van der Waals surface area contributed by atoms with Gasteiger partial charge in [0, 0.05) is 0 Å². The molecule has 12 heteroatoms. The molecule has 28 heavy (non-hydrogen) atoms. The van der Waals surface area contributed by atoms with E-state index < -0.39 is 46.1 Å². The number of hydrogen-bond donors (Lipinski definition) is 4. The number of benzene rings is 2. The first-order valence-electron chi connectivity index (χ1n) is 6.44. The Hall–Kier alpha value is 0.320. The topological polar surface area (TPSA) is 149 Å². The maximum atomic E-state index is 11.4. The van der Waals surface area contributed by atoms with Crippen LogP contribution in [0.25, 0.3) is 11.1 Å². The molecule has 0 atom stereocenters. The molecular formula is C16H14Na4O8. The van der Waals surface area contributed by atoms with Crippen molar-refractivity contribution in [3.63, 3.8) is 0 Å². The van der Waals surface area contributed by atoms with Crippen molar-refractivity contribution in [2.75, 3.05) is 0 Å². The van der Waals surface area contributed by atoms with Crippen LogP contribution in [-0.4, -0.2) is 44.3 Å². The third-order valence-corrected chi connectivity index (χ3v) is 3.30. The van der Waals surface area contributed by atoms with Crippen molar-refractivity contribution >= 4 is 23.9 Å². The zero-order valence-electron chi connectivity index (χ0n) is 19.9. The Balaban J connectivity index is -0.000000156. The predicted octanol–water partition coefficient (Wildman–Crippen LogP) is -9.39. The second-order valence-corrected chi connectivity index (χ2v) is 4.71. The molecule has 0 spiro atoms. The Kier molecular flexibility index (Phi) is 16.9. The normalized spacial score (nSPS) is 8.71. The molecule has 0 bridgehead atoms. The Morgan fingerprint density at radius 1 is 0.607 bits per heavy atom. The maximum absolute atomic E-state index is 11.4. The van der Waals surface area contributed by atoms with Crippen LogP contribution in [0.2, 0.25) is 0 Å². The van der Waals surface area contributed by atoms with Gasteiger partial charge in [-0.05, 0) is 29.3 Å². The number of rotatable bonds is 5. The summed E-state index contributed by atoms with van der Waals surface area (Å²) in [6.07, 6.45) is 0. The molecule has 8 nitrogen and oxygen atoms in total. The molecule has 0 saturated heterocycles. The SMILES string of the molecule is O=C(O)c1ccc(-c2cccc(C(=O)O)c2C(=O)O)cc1C(=O)O.[H-].[H-].[H-].[H-].[Na+].[Na+].[Na+].[Na+]. The van der Waals surface area contributed by atoms with E-state index in [-0.39, 0.29) is 135 Å². The minimum Gasteiger partial charge on any atom is -1.00 e. The van der Waals surface area contributed by atoms with Gasteiger partial charge in [-0.1, -0.05) is 18.2 Å². The molecule has 130 valence electrons. The molecule has 4 N–H and O–H groups in total. The summed E-state index contributed by atoms with van der Waals surface area (Å²) in [5.41, 5.74) is -1.90. The number of carboxylic acid groups (broad SMARTS) is 4. The zero-order chi connectivity index (χ0) is 18.0. The van der Waals surface area contributed by atoms with Gasteiger partial charge >= 0.3 is 142 Å². The molecule has 0 aliphatic carbocycles. The summed E-state index contributed by atoms with van der Waals surface area (Å²) < 4.78 is 0. The van der Waals surface area contributed by atoms with Crippen LogP contribution in [0.1, 0.15) is 47.1 Å². The van der Waals surface area contributed by atoms with E-state index in [0.29, 0.717) is 0 Å². The summed E-state index contributed by atoms with van der Waals surface area (Å²) in [5.74, 6) is -5.89. The molecule has 0 fully saturated rings. The number of aromatic carboxylic acids is 4. The number of carboxylic acids is 4. The molecule has 2 rings (SSSR count). The van der Waals surface area contributed by atoms with Gasteiger partial charge in [0.2, 0.25) is 0 Å². The summed E-state index contributed by atoms with van der Waals surface area (Å²) in [5, 5.41) is 36.5. The Morgan fingerprint density at radius 3 is 1.54 bits per heavy atom. The predicted molar refractivity (Wildman–Crippen MR) is 84.2 cm³/mol. The molecule has 2 aromatic rings. The fourth-order valence-electron chi connectivity index (χ4n) is 2.28. The number of carbonyl (C=O) groups is 4. The van der Waals surface area contributed by atoms with Crippen LogP contribution in [0.4, 0.5) is 0 Å². The molecular weight excluding hydrogens is 412 g/mol. The first-order chi connectivity index (χ1) is 11.2. The Labute approximate surface area is 253 Å². The smallest absolute Gasteiger partial charge is 1.00 e. The van der Waals surface area contributed by atoms with E-state index in [9.17, 15) is 24.3 Å². The molecule has 0 aliphatic rings. The van der Waals surface area contributed by atoms with E-state index in [1.54, 1.807) is 0 Å². The van der Waals surface area contributed by atoms with E-state index in [2.05, 4.69) is 0 Å². The molecule has 0 aromatic heterocycles. The summed E-state index contributed by atoms with van der Waals surface area (Å²) in [6, 6.07) is 7.00. The molecule has 2 aromatic carbocycles. The van der Waals surface area contributed by atoms with Gasteiger partial charge in [-0.15, -0.1) is 0 Å². The summed E-state index contributed by atoms with van der Waals surface area (Å²) >= 11 is 0. The fourth-order valence-corrected chi connectivity index (χ4v) is 2.28. The average molecular weight is 426 g/mol. The maximum Gasteiger partial charge on any atom is 1.00 e. The monoisotopic (exact) mass is 426 g/mol. The zero-order valence-corrected chi connectivity index (χ0v) is 23.9. The van der Waals surface area contributed by atoms with Crippen molar-refractivity contribution in [3.05, 3.63) is 58.7 Å². The van der Waals surface area contributed by atoms with Crippen LogP contribution in [0, 0.1) is 0 Å². The molecule has 0 heterocycles. The van der Waals surface area contributed by atoms with E-state index >= 15 is 0 Å². The second-order valence-electron chi connectivity index (χ2n) is 4.71. The average Bonchev–Trinajstić information content (AvgIpc) is 2.53. The van der Waals surface area contributed by atoms with Crippen LogP contribution >= 0.6 is 0 Å². The van der Waals surface area contributed by atoms with E-state index in [1.807, 2.05) is 0 Å². The van der Waals surface area contributed by atoms with Crippen molar-refractivity contribution in [1.82, 2.24) is 0 Å². The Bertz CT molecular complexity index is 916. The van der Waals surface area contributed by atoms with E-state index in [1.165, 1.54) is 18.2 Å². The Morgan fingerprint density at radius 2 is 1.11 bits per heavy atom. The van der Waals surface area contributed by atoms with Crippen molar-refractivity contribution in [2.45, 2.75) is 0 Å². The van der Waals surface area contributed by atoms with E-state index in [4.69, 9.17) is 15.3 Å². The third kappa shape index (κ3) is 7.54. The van der Waals surface area contributed by atoms with Crippen molar-refractivity contribution in [3.8, 4) is 11.1 Å². The molecule has 0 radical (unpaired) electrons. The van der Waals surface area contributed by atoms with Crippen LogP contribution in [0.5, 0.6) is 0 Å². The minimum atomic E-state index is -1.50. The van der Waals surface area contributed by atoms with Crippen LogP contribution < -0.4 is 118 Å². The third-order valence-electron chi connectivity index (χ3n) is 3.30. The molecule has 0 aliphatic heterocycles. The van der Waals surface area contributed by atoms with Gasteiger partial charge in [-0.3, -0.25) is 0 Å². The largest absolute Gasteiger partial charge is 1.00 e. The first-order valence-corrected chi connectivity index (χ1v) is 6.44. The molecule has 0 saturated carbocycles. The molecule has 0 amide bonds. The van der Waals surface area contributed by atoms with Gasteiger partial charge in [-0.2, -0.15) is 0 Å². The van der Waals surface area contributed by atoms with Crippen molar-refractivity contribution in [1.29, 1.82) is 0 Å². The van der Waals surface area contributed by atoms with Gasteiger partial charge in [0.25, 0.3) is 0 Å². The van der Waals surface area contributed by atoms with Crippen LogP contribution in [0.3, 0.4) is 0 Å². The standard InChI is InChI=1S/C16H10O8.4Na.4H/c17-13(18)9-5-4-7(6-11(9)15(21)22)8-2-1-3-10(14(19)20)12(8)16(23)24;;;;;;;;/h1-6H,(H,17,18)(H,19,20)(H,21,22)(H,23,24);;;;;;;;/q;4*+1;4*-1. The number of hydrogen-bond acceptors (Lipinski definition) is 4. The quantitative estimate of drug-likeness (QED) is 0.345. The van der Waals surface area contributed by atoms with Crippen molar-refractivity contribution in [2.24, 2.45) is 0 Å². The van der Waals surface area contributed by atoms with Gasteiger partial charge in [0.1, 0.15) is 0 Å². The summed E-state index contributed by atoms with van der Waals surface area (Å²) in [4.78, 5) is 44.9. The second kappa shape index (κ2) is 14.3. The summed E-state index contributed by atoms with van der Waals surface area (Å²) in [6.45, 7) is 0. The summed E-state index contributed by atoms with van der Waals surface area (Å²) in [7, 11) is 0. The van der Waals surface area contributed by atoms with Crippen molar-refractivity contribution < 1.29 is 164 Å². The molecule has 0 unspecified atom stereocenters. The first kappa shape index (κ1) is 33.0. The van der Waals surface area contributed by atoms with Crippen LogP contribution in [0.15, 0.2) is 36.4 Å². The van der Waals surface area contributed by atoms with Crippen LogP contribution in [-0.2, 0) is 0 Å². The fraction of sp³-hybridized carbons (Fsp3) is 0. The van der Waals surface area contributed by atoms with Gasteiger partial charge in [0.15, 0.2) is 0 Å². The minimum absolute atomic E-state index is 0. The van der Waals surface area contributed by atoms with Gasteiger partial charge < -0.3 is 26.1 Å². The van der Waals surface area contributed by atoms with Gasteiger partial charge in [-0.25, -0.2) is 19.2 Å².